The van der Waals surface area contributed by atoms with Crippen LogP contribution in [0.3, 0.4) is 0 Å². The smallest absolute Gasteiger partial charge is 0.222 e. The van der Waals surface area contributed by atoms with E-state index in [0.29, 0.717) is 23.4 Å². The number of carbonyl (C=O) groups excluding carboxylic acids is 1. The summed E-state index contributed by atoms with van der Waals surface area (Å²) in [6.45, 7) is 3.79. The Kier molecular flexibility index (Phi) is 3.83. The van der Waals surface area contributed by atoms with Crippen LogP contribution in [0.1, 0.15) is 13.8 Å². The van der Waals surface area contributed by atoms with Gasteiger partial charge in [-0.3, -0.25) is 4.79 Å². The monoisotopic (exact) mass is 276 g/mol. The van der Waals surface area contributed by atoms with E-state index in [-0.39, 0.29) is 23.6 Å². The molecule has 2 heterocycles. The SMILES string of the molecule is CC(=O)NCC(C)Nc1nc(N)nc2cc(O)cnc12. The Morgan fingerprint density at radius 1 is 1.50 bits per heavy atom. The average Bonchev–Trinajstić information content (AvgIpc) is 2.35. The van der Waals surface area contributed by atoms with Gasteiger partial charge in [0, 0.05) is 25.6 Å². The van der Waals surface area contributed by atoms with Gasteiger partial charge >= 0.3 is 0 Å². The first-order chi connectivity index (χ1) is 9.45. The summed E-state index contributed by atoms with van der Waals surface area (Å²) in [4.78, 5) is 23.1. The van der Waals surface area contributed by atoms with Crippen LogP contribution in [0.25, 0.3) is 11.0 Å². The number of carbonyl (C=O) groups is 1. The zero-order valence-corrected chi connectivity index (χ0v) is 11.2. The number of aromatic hydroxyl groups is 1. The molecule has 0 aliphatic heterocycles. The minimum atomic E-state index is -0.103. The van der Waals surface area contributed by atoms with E-state index in [1.807, 2.05) is 6.92 Å². The highest BCUT2D eigenvalue weighted by atomic mass is 16.3. The molecule has 2 rings (SSSR count). The predicted molar refractivity (Wildman–Crippen MR) is 75.2 cm³/mol. The highest BCUT2D eigenvalue weighted by molar-refractivity contribution is 5.86. The van der Waals surface area contributed by atoms with Gasteiger partial charge in [-0.25, -0.2) is 9.97 Å². The average molecular weight is 276 g/mol. The molecule has 0 fully saturated rings. The Morgan fingerprint density at radius 2 is 2.25 bits per heavy atom. The number of pyridine rings is 1. The van der Waals surface area contributed by atoms with Gasteiger partial charge in [0.25, 0.3) is 0 Å². The van der Waals surface area contributed by atoms with Crippen molar-refractivity contribution in [3.05, 3.63) is 12.3 Å². The van der Waals surface area contributed by atoms with E-state index in [2.05, 4.69) is 25.6 Å². The zero-order valence-electron chi connectivity index (χ0n) is 11.2. The van der Waals surface area contributed by atoms with Gasteiger partial charge in [0.2, 0.25) is 11.9 Å². The van der Waals surface area contributed by atoms with Gasteiger partial charge in [0.1, 0.15) is 16.8 Å². The van der Waals surface area contributed by atoms with Crippen molar-refractivity contribution in [2.45, 2.75) is 19.9 Å². The van der Waals surface area contributed by atoms with Crippen LogP contribution in [0, 0.1) is 0 Å². The fourth-order valence-corrected chi connectivity index (χ4v) is 1.71. The Morgan fingerprint density at radius 3 is 2.95 bits per heavy atom. The maximum absolute atomic E-state index is 10.9. The van der Waals surface area contributed by atoms with Crippen LogP contribution in [0.2, 0.25) is 0 Å². The van der Waals surface area contributed by atoms with E-state index in [1.54, 1.807) is 0 Å². The summed E-state index contributed by atoms with van der Waals surface area (Å²) in [5, 5.41) is 15.2. The van der Waals surface area contributed by atoms with Crippen molar-refractivity contribution in [2.24, 2.45) is 0 Å². The molecule has 0 radical (unpaired) electrons. The van der Waals surface area contributed by atoms with Gasteiger partial charge < -0.3 is 21.5 Å². The van der Waals surface area contributed by atoms with Gasteiger partial charge in [-0.2, -0.15) is 4.98 Å². The summed E-state index contributed by atoms with van der Waals surface area (Å²) in [6, 6.07) is 1.40. The third-order valence-electron chi connectivity index (χ3n) is 2.58. The first-order valence-electron chi connectivity index (χ1n) is 6.09. The first kappa shape index (κ1) is 13.8. The zero-order chi connectivity index (χ0) is 14.7. The number of aromatic nitrogens is 3. The molecule has 1 unspecified atom stereocenters. The lowest BCUT2D eigenvalue weighted by molar-refractivity contribution is -0.118. The summed E-state index contributed by atoms with van der Waals surface area (Å²) in [7, 11) is 0. The molecule has 0 aromatic carbocycles. The van der Waals surface area contributed by atoms with Crippen LogP contribution in [-0.2, 0) is 4.79 Å². The number of amides is 1. The lowest BCUT2D eigenvalue weighted by Crippen LogP contribution is -2.33. The van der Waals surface area contributed by atoms with Crippen LogP contribution in [-0.4, -0.2) is 38.6 Å². The molecule has 0 saturated carbocycles. The minimum absolute atomic E-state index is 0.00726. The molecule has 106 valence electrons. The summed E-state index contributed by atoms with van der Waals surface area (Å²) in [5.41, 5.74) is 6.59. The lowest BCUT2D eigenvalue weighted by Gasteiger charge is -2.15. The van der Waals surface area contributed by atoms with E-state index >= 15 is 0 Å². The molecule has 2 aromatic rings. The van der Waals surface area contributed by atoms with Gasteiger partial charge in [-0.15, -0.1) is 0 Å². The number of fused-ring (bicyclic) bond motifs is 1. The molecule has 0 bridgehead atoms. The van der Waals surface area contributed by atoms with Crippen LogP contribution in [0.5, 0.6) is 5.75 Å². The van der Waals surface area contributed by atoms with Crippen LogP contribution >= 0.6 is 0 Å². The molecule has 0 aliphatic rings. The van der Waals surface area contributed by atoms with Gasteiger partial charge in [-0.1, -0.05) is 0 Å². The third kappa shape index (κ3) is 3.22. The Balaban J connectivity index is 2.27. The van der Waals surface area contributed by atoms with Crippen molar-refractivity contribution in [2.75, 3.05) is 17.6 Å². The standard InChI is InChI=1S/C12H16N6O2/c1-6(4-14-7(2)19)16-11-10-9(17-12(13)18-11)3-8(20)5-15-10/h3,5-6,20H,4H2,1-2H3,(H,14,19)(H3,13,16,17,18). The number of nitrogens with one attached hydrogen (secondary N) is 2. The number of nitrogen functional groups attached to an aromatic ring is 1. The highest BCUT2D eigenvalue weighted by Crippen LogP contribution is 2.22. The molecule has 0 spiro atoms. The Hall–Kier alpha value is -2.64. The summed E-state index contributed by atoms with van der Waals surface area (Å²) in [5.74, 6) is 0.450. The lowest BCUT2D eigenvalue weighted by atomic mass is 10.3. The van der Waals surface area contributed by atoms with E-state index < -0.39 is 0 Å². The Bertz CT molecular complexity index is 640. The summed E-state index contributed by atoms with van der Waals surface area (Å²) < 4.78 is 0. The summed E-state index contributed by atoms with van der Waals surface area (Å²) in [6.07, 6.45) is 1.31. The fraction of sp³-hybridized carbons (Fsp3) is 0.333. The third-order valence-corrected chi connectivity index (χ3v) is 2.58. The first-order valence-corrected chi connectivity index (χ1v) is 6.09. The molecular weight excluding hydrogens is 260 g/mol. The van der Waals surface area contributed by atoms with Crippen LogP contribution in [0.15, 0.2) is 12.3 Å². The molecule has 0 saturated heterocycles. The molecule has 8 nitrogen and oxygen atoms in total. The van der Waals surface area contributed by atoms with E-state index in [0.717, 1.165) is 0 Å². The second kappa shape index (κ2) is 5.55. The normalized spacial score (nSPS) is 12.1. The van der Waals surface area contributed by atoms with Crippen molar-refractivity contribution in [1.82, 2.24) is 20.3 Å². The van der Waals surface area contributed by atoms with Crippen LogP contribution in [0.4, 0.5) is 11.8 Å². The largest absolute Gasteiger partial charge is 0.506 e. The topological polar surface area (TPSA) is 126 Å². The quantitative estimate of drug-likeness (QED) is 0.630. The number of nitrogens with two attached hydrogens (primary N) is 1. The van der Waals surface area contributed by atoms with Crippen molar-refractivity contribution < 1.29 is 9.90 Å². The molecule has 5 N–H and O–H groups in total. The molecule has 2 aromatic heterocycles. The van der Waals surface area contributed by atoms with Crippen molar-refractivity contribution in [3.63, 3.8) is 0 Å². The van der Waals surface area contributed by atoms with E-state index in [1.165, 1.54) is 19.2 Å². The van der Waals surface area contributed by atoms with Crippen molar-refractivity contribution >= 4 is 28.7 Å². The van der Waals surface area contributed by atoms with E-state index in [9.17, 15) is 9.90 Å². The van der Waals surface area contributed by atoms with Gasteiger partial charge in [-0.05, 0) is 6.92 Å². The fourth-order valence-electron chi connectivity index (χ4n) is 1.71. The summed E-state index contributed by atoms with van der Waals surface area (Å²) >= 11 is 0. The number of rotatable bonds is 4. The molecule has 0 aliphatic carbocycles. The number of nitrogens with zero attached hydrogens (tertiary/aromatic N) is 3. The van der Waals surface area contributed by atoms with Crippen molar-refractivity contribution in [3.8, 4) is 5.75 Å². The molecule has 8 heteroatoms. The molecule has 1 atom stereocenters. The van der Waals surface area contributed by atoms with Crippen LogP contribution < -0.4 is 16.4 Å². The van der Waals surface area contributed by atoms with Gasteiger partial charge in [0.05, 0.1) is 6.20 Å². The maximum Gasteiger partial charge on any atom is 0.222 e. The molecule has 20 heavy (non-hydrogen) atoms. The minimum Gasteiger partial charge on any atom is -0.506 e. The maximum atomic E-state index is 10.9. The van der Waals surface area contributed by atoms with E-state index in [4.69, 9.17) is 5.73 Å². The second-order valence-corrected chi connectivity index (χ2v) is 4.47. The number of hydrogen-bond donors (Lipinski definition) is 4. The number of hydrogen-bond acceptors (Lipinski definition) is 7. The van der Waals surface area contributed by atoms with Crippen molar-refractivity contribution in [1.29, 1.82) is 0 Å². The molecule has 1 amide bonds. The van der Waals surface area contributed by atoms with Gasteiger partial charge in [0.15, 0.2) is 5.82 Å². The second-order valence-electron chi connectivity index (χ2n) is 4.47. The molecular formula is C12H16N6O2. The number of anilines is 2. The Labute approximate surface area is 115 Å². The predicted octanol–water partition coefficient (Wildman–Crippen LogP) is 0.249. The highest BCUT2D eigenvalue weighted by Gasteiger charge is 2.11.